The van der Waals surface area contributed by atoms with Gasteiger partial charge < -0.3 is 15.2 Å². The number of aromatic nitrogens is 2. The topological polar surface area (TPSA) is 71.3 Å². The lowest BCUT2D eigenvalue weighted by Crippen LogP contribution is -2.38. The van der Waals surface area contributed by atoms with Crippen LogP contribution in [0.2, 0.25) is 0 Å². The van der Waals surface area contributed by atoms with Crippen molar-refractivity contribution < 1.29 is 0 Å². The van der Waals surface area contributed by atoms with Crippen molar-refractivity contribution in [1.82, 2.24) is 20.2 Å². The van der Waals surface area contributed by atoms with Crippen molar-refractivity contribution in [3.63, 3.8) is 0 Å². The standard InChI is InChI=1S/C22H27N5OS.HI/c1-3-23-22(24-12-11-20-16-29-17(2)26-20)25-14-18-7-9-19(10-8-18)15-27-13-5-4-6-21(27)28;/h4-10,13,16H,3,11-12,14-15H2,1-2H3,(H2,23,24,25);1H. The first-order valence-corrected chi connectivity index (χ1v) is 10.7. The summed E-state index contributed by atoms with van der Waals surface area (Å²) in [4.78, 5) is 21.0. The van der Waals surface area contributed by atoms with E-state index in [9.17, 15) is 4.79 Å². The van der Waals surface area contributed by atoms with Gasteiger partial charge in [-0.25, -0.2) is 9.98 Å². The van der Waals surface area contributed by atoms with Crippen LogP contribution in [0.4, 0.5) is 0 Å². The maximum atomic E-state index is 11.8. The minimum absolute atomic E-state index is 0. The van der Waals surface area contributed by atoms with Gasteiger partial charge in [0, 0.05) is 37.2 Å². The summed E-state index contributed by atoms with van der Waals surface area (Å²) in [6.07, 6.45) is 2.68. The Hall–Kier alpha value is -2.20. The molecule has 2 N–H and O–H groups in total. The van der Waals surface area contributed by atoms with Gasteiger partial charge in [0.15, 0.2) is 5.96 Å². The first-order chi connectivity index (χ1) is 14.1. The first-order valence-electron chi connectivity index (χ1n) is 9.80. The van der Waals surface area contributed by atoms with Crippen LogP contribution in [-0.4, -0.2) is 28.6 Å². The second kappa shape index (κ2) is 12.5. The number of rotatable bonds is 8. The summed E-state index contributed by atoms with van der Waals surface area (Å²) in [5.41, 5.74) is 3.34. The molecule has 0 unspecified atom stereocenters. The van der Waals surface area contributed by atoms with Crippen molar-refractivity contribution in [3.05, 3.63) is 86.2 Å². The van der Waals surface area contributed by atoms with Crippen LogP contribution in [-0.2, 0) is 19.5 Å². The van der Waals surface area contributed by atoms with Gasteiger partial charge in [-0.1, -0.05) is 30.3 Å². The van der Waals surface area contributed by atoms with Crippen LogP contribution in [0.25, 0.3) is 0 Å². The van der Waals surface area contributed by atoms with E-state index >= 15 is 0 Å². The summed E-state index contributed by atoms with van der Waals surface area (Å²) in [5, 5.41) is 9.84. The molecule has 2 aromatic heterocycles. The molecular formula is C22H28IN5OS. The summed E-state index contributed by atoms with van der Waals surface area (Å²) in [6.45, 7) is 6.85. The normalized spacial score (nSPS) is 11.1. The average Bonchev–Trinajstić information content (AvgIpc) is 3.14. The van der Waals surface area contributed by atoms with E-state index < -0.39 is 0 Å². The minimum Gasteiger partial charge on any atom is -0.357 e. The van der Waals surface area contributed by atoms with E-state index in [0.29, 0.717) is 13.1 Å². The predicted molar refractivity (Wildman–Crippen MR) is 135 cm³/mol. The number of thiazole rings is 1. The van der Waals surface area contributed by atoms with Crippen LogP contribution < -0.4 is 16.2 Å². The van der Waals surface area contributed by atoms with Gasteiger partial charge in [0.2, 0.25) is 0 Å². The Morgan fingerprint density at radius 3 is 2.57 bits per heavy atom. The van der Waals surface area contributed by atoms with E-state index in [1.165, 1.54) is 0 Å². The summed E-state index contributed by atoms with van der Waals surface area (Å²) in [5.74, 6) is 0.805. The van der Waals surface area contributed by atoms with Crippen LogP contribution in [0.3, 0.4) is 0 Å². The molecule has 0 amide bonds. The SMILES string of the molecule is CCNC(=NCc1ccc(Cn2ccccc2=O)cc1)NCCc1csc(C)n1.I. The van der Waals surface area contributed by atoms with Crippen molar-refractivity contribution in [3.8, 4) is 0 Å². The zero-order valence-corrected chi connectivity index (χ0v) is 20.4. The number of benzene rings is 1. The lowest BCUT2D eigenvalue weighted by molar-refractivity contribution is 0.758. The molecule has 0 saturated heterocycles. The van der Waals surface area contributed by atoms with Crippen molar-refractivity contribution in [2.75, 3.05) is 13.1 Å². The van der Waals surface area contributed by atoms with Gasteiger partial charge in [0.05, 0.1) is 23.8 Å². The number of hydrogen-bond acceptors (Lipinski definition) is 4. The number of pyridine rings is 1. The largest absolute Gasteiger partial charge is 0.357 e. The van der Waals surface area contributed by atoms with Crippen LogP contribution >= 0.6 is 35.3 Å². The van der Waals surface area contributed by atoms with Crippen LogP contribution in [0.1, 0.15) is 28.8 Å². The second-order valence-corrected chi connectivity index (χ2v) is 7.78. The first kappa shape index (κ1) is 24.1. The van der Waals surface area contributed by atoms with Crippen molar-refractivity contribution >= 4 is 41.3 Å². The molecule has 0 radical (unpaired) electrons. The molecule has 3 rings (SSSR count). The summed E-state index contributed by atoms with van der Waals surface area (Å²) < 4.78 is 1.70. The molecule has 0 aliphatic heterocycles. The molecule has 1 aromatic carbocycles. The Balaban J connectivity index is 0.00000320. The number of nitrogens with zero attached hydrogens (tertiary/aromatic N) is 3. The summed E-state index contributed by atoms with van der Waals surface area (Å²) in [7, 11) is 0. The Kier molecular flexibility index (Phi) is 10.0. The zero-order chi connectivity index (χ0) is 20.5. The highest BCUT2D eigenvalue weighted by atomic mass is 127. The van der Waals surface area contributed by atoms with Gasteiger partial charge >= 0.3 is 0 Å². The molecule has 0 atom stereocenters. The lowest BCUT2D eigenvalue weighted by atomic mass is 10.1. The van der Waals surface area contributed by atoms with E-state index in [-0.39, 0.29) is 29.5 Å². The lowest BCUT2D eigenvalue weighted by Gasteiger charge is -2.11. The highest BCUT2D eigenvalue weighted by Gasteiger charge is 2.02. The monoisotopic (exact) mass is 537 g/mol. The van der Waals surface area contributed by atoms with E-state index in [0.717, 1.165) is 47.3 Å². The Morgan fingerprint density at radius 1 is 1.13 bits per heavy atom. The molecule has 0 aliphatic carbocycles. The fourth-order valence-electron chi connectivity index (χ4n) is 2.88. The van der Waals surface area contributed by atoms with Gasteiger partial charge in [-0.15, -0.1) is 35.3 Å². The molecule has 0 spiro atoms. The maximum absolute atomic E-state index is 11.8. The van der Waals surface area contributed by atoms with Crippen molar-refractivity contribution in [1.29, 1.82) is 0 Å². The van der Waals surface area contributed by atoms with Crippen molar-refractivity contribution in [2.45, 2.75) is 33.4 Å². The van der Waals surface area contributed by atoms with Crippen LogP contribution in [0, 0.1) is 6.92 Å². The van der Waals surface area contributed by atoms with Gasteiger partial charge in [-0.3, -0.25) is 4.79 Å². The zero-order valence-electron chi connectivity index (χ0n) is 17.3. The molecule has 0 saturated carbocycles. The fraction of sp³-hybridized carbons (Fsp3) is 0.318. The van der Waals surface area contributed by atoms with Gasteiger partial charge in [-0.2, -0.15) is 0 Å². The van der Waals surface area contributed by atoms with E-state index in [2.05, 4.69) is 57.2 Å². The highest BCUT2D eigenvalue weighted by molar-refractivity contribution is 14.0. The Labute approximate surface area is 198 Å². The Morgan fingerprint density at radius 2 is 1.90 bits per heavy atom. The molecule has 6 nitrogen and oxygen atoms in total. The smallest absolute Gasteiger partial charge is 0.250 e. The number of nitrogens with one attached hydrogen (secondary N) is 2. The third-order valence-corrected chi connectivity index (χ3v) is 5.20. The molecule has 0 aliphatic rings. The summed E-state index contributed by atoms with van der Waals surface area (Å²) in [6, 6.07) is 13.4. The molecule has 3 aromatic rings. The van der Waals surface area contributed by atoms with Crippen LogP contribution in [0.15, 0.2) is 63.8 Å². The predicted octanol–water partition coefficient (Wildman–Crippen LogP) is 3.58. The quantitative estimate of drug-likeness (QED) is 0.262. The molecule has 2 heterocycles. The number of aliphatic imine (C=N–C) groups is 1. The van der Waals surface area contributed by atoms with Gasteiger partial charge in [-0.05, 0) is 31.0 Å². The van der Waals surface area contributed by atoms with Gasteiger partial charge in [0.1, 0.15) is 0 Å². The molecule has 0 bridgehead atoms. The summed E-state index contributed by atoms with van der Waals surface area (Å²) >= 11 is 1.68. The fourth-order valence-corrected chi connectivity index (χ4v) is 3.53. The molecular weight excluding hydrogens is 509 g/mol. The number of halogens is 1. The van der Waals surface area contributed by atoms with E-state index in [4.69, 9.17) is 0 Å². The number of guanidine groups is 1. The third-order valence-electron chi connectivity index (χ3n) is 4.38. The number of hydrogen-bond donors (Lipinski definition) is 2. The molecule has 160 valence electrons. The molecule has 0 fully saturated rings. The van der Waals surface area contributed by atoms with Crippen molar-refractivity contribution in [2.24, 2.45) is 4.99 Å². The maximum Gasteiger partial charge on any atom is 0.250 e. The van der Waals surface area contributed by atoms with E-state index in [1.54, 1.807) is 28.0 Å². The second-order valence-electron chi connectivity index (χ2n) is 6.71. The molecule has 30 heavy (non-hydrogen) atoms. The average molecular weight is 537 g/mol. The minimum atomic E-state index is 0. The molecule has 8 heteroatoms. The number of aryl methyl sites for hydroxylation is 1. The Bertz CT molecular complexity index is 997. The highest BCUT2D eigenvalue weighted by Crippen LogP contribution is 2.08. The third kappa shape index (κ3) is 7.56. The van der Waals surface area contributed by atoms with E-state index in [1.807, 2.05) is 19.2 Å². The van der Waals surface area contributed by atoms with Gasteiger partial charge in [0.25, 0.3) is 5.56 Å². The van der Waals surface area contributed by atoms with Crippen LogP contribution in [0.5, 0.6) is 0 Å².